The van der Waals surface area contributed by atoms with E-state index in [2.05, 4.69) is 5.16 Å². The van der Waals surface area contributed by atoms with Crippen molar-refractivity contribution in [1.82, 2.24) is 5.16 Å². The number of hydrogen-bond donors (Lipinski definition) is 1. The molecule has 1 aliphatic heterocycles. The van der Waals surface area contributed by atoms with Crippen molar-refractivity contribution in [2.75, 3.05) is 6.79 Å². The van der Waals surface area contributed by atoms with Gasteiger partial charge in [0.05, 0.1) is 5.02 Å². The minimum atomic E-state index is -1.19. The van der Waals surface area contributed by atoms with Gasteiger partial charge < -0.3 is 19.1 Å². The van der Waals surface area contributed by atoms with E-state index in [0.29, 0.717) is 33.3 Å². The maximum absolute atomic E-state index is 10.8. The van der Waals surface area contributed by atoms with Gasteiger partial charge in [0.15, 0.2) is 11.5 Å². The molecule has 0 bridgehead atoms. The average Bonchev–Trinajstić information content (AvgIpc) is 3.01. The van der Waals surface area contributed by atoms with Crippen LogP contribution in [0.2, 0.25) is 5.02 Å². The van der Waals surface area contributed by atoms with Crippen molar-refractivity contribution in [3.63, 3.8) is 0 Å². The molecule has 1 aliphatic rings. The topological polar surface area (TPSA) is 81.8 Å². The molecular weight excluding hydrogens is 274 g/mol. The van der Waals surface area contributed by atoms with Crippen LogP contribution in [0.15, 0.2) is 16.7 Å². The van der Waals surface area contributed by atoms with Crippen LogP contribution in [0.4, 0.5) is 0 Å². The number of rotatable bonds is 2. The zero-order chi connectivity index (χ0) is 13.6. The molecule has 0 saturated carbocycles. The van der Waals surface area contributed by atoms with Gasteiger partial charge in [0.2, 0.25) is 12.6 Å². The number of aromatic nitrogens is 1. The van der Waals surface area contributed by atoms with Gasteiger partial charge in [-0.05, 0) is 13.0 Å². The molecule has 0 fully saturated rings. The van der Waals surface area contributed by atoms with Crippen LogP contribution in [0.1, 0.15) is 16.1 Å². The predicted molar refractivity (Wildman–Crippen MR) is 64.8 cm³/mol. The van der Waals surface area contributed by atoms with Crippen LogP contribution in [0.3, 0.4) is 0 Å². The third-order valence-corrected chi connectivity index (χ3v) is 3.31. The van der Waals surface area contributed by atoms with E-state index < -0.39 is 5.97 Å². The van der Waals surface area contributed by atoms with E-state index in [4.69, 9.17) is 30.7 Å². The highest BCUT2D eigenvalue weighted by Gasteiger charge is 2.23. The first-order valence-electron chi connectivity index (χ1n) is 5.37. The molecule has 0 saturated heterocycles. The molecule has 19 heavy (non-hydrogen) atoms. The summed E-state index contributed by atoms with van der Waals surface area (Å²) >= 11 is 6.24. The van der Waals surface area contributed by atoms with E-state index in [1.165, 1.54) is 6.07 Å². The predicted octanol–water partition coefficient (Wildman–Crippen LogP) is 2.73. The Morgan fingerprint density at radius 2 is 2.21 bits per heavy atom. The fourth-order valence-electron chi connectivity index (χ4n) is 1.87. The van der Waals surface area contributed by atoms with E-state index in [0.717, 1.165) is 0 Å². The van der Waals surface area contributed by atoms with Crippen LogP contribution in [0.5, 0.6) is 11.5 Å². The van der Waals surface area contributed by atoms with Gasteiger partial charge in [-0.1, -0.05) is 16.8 Å². The first kappa shape index (κ1) is 11.9. The molecule has 0 radical (unpaired) electrons. The summed E-state index contributed by atoms with van der Waals surface area (Å²) in [6.45, 7) is 1.92. The molecule has 98 valence electrons. The molecule has 0 aliphatic carbocycles. The number of fused-ring (bicyclic) bond motifs is 1. The zero-order valence-electron chi connectivity index (χ0n) is 9.77. The first-order chi connectivity index (χ1) is 9.08. The number of ether oxygens (including phenoxy) is 2. The summed E-state index contributed by atoms with van der Waals surface area (Å²) in [7, 11) is 0. The summed E-state index contributed by atoms with van der Waals surface area (Å²) in [6, 6.07) is 2.96. The molecular formula is C12H8ClNO5. The van der Waals surface area contributed by atoms with Gasteiger partial charge in [-0.2, -0.15) is 0 Å². The van der Waals surface area contributed by atoms with Crippen molar-refractivity contribution < 1.29 is 23.9 Å². The van der Waals surface area contributed by atoms with E-state index in [1.54, 1.807) is 13.0 Å². The SMILES string of the molecule is Cc1c(Cl)c(-c2cc(C(=O)O)on2)cc2c1OCO2. The molecule has 1 N–H and O–H groups in total. The van der Waals surface area contributed by atoms with Gasteiger partial charge in [-0.15, -0.1) is 0 Å². The van der Waals surface area contributed by atoms with Gasteiger partial charge in [0.25, 0.3) is 0 Å². The number of nitrogens with zero attached hydrogens (tertiary/aromatic N) is 1. The summed E-state index contributed by atoms with van der Waals surface area (Å²) in [5, 5.41) is 12.9. The Labute approximate surface area is 112 Å². The maximum atomic E-state index is 10.8. The van der Waals surface area contributed by atoms with Gasteiger partial charge in [-0.3, -0.25) is 0 Å². The van der Waals surface area contributed by atoms with Crippen molar-refractivity contribution in [2.45, 2.75) is 6.92 Å². The summed E-state index contributed by atoms with van der Waals surface area (Å²) in [4.78, 5) is 10.8. The number of benzene rings is 1. The highest BCUT2D eigenvalue weighted by molar-refractivity contribution is 6.34. The Balaban J connectivity index is 2.14. The van der Waals surface area contributed by atoms with Gasteiger partial charge in [0, 0.05) is 17.2 Å². The molecule has 0 atom stereocenters. The lowest BCUT2D eigenvalue weighted by atomic mass is 10.1. The van der Waals surface area contributed by atoms with Gasteiger partial charge in [-0.25, -0.2) is 4.79 Å². The fourth-order valence-corrected chi connectivity index (χ4v) is 2.11. The second-order valence-electron chi connectivity index (χ2n) is 3.98. The molecule has 6 nitrogen and oxygen atoms in total. The van der Waals surface area contributed by atoms with Crippen LogP contribution in [-0.4, -0.2) is 23.0 Å². The number of carbonyl (C=O) groups is 1. The summed E-state index contributed by atoms with van der Waals surface area (Å²) < 4.78 is 15.3. The van der Waals surface area contributed by atoms with E-state index in [1.807, 2.05) is 0 Å². The average molecular weight is 282 g/mol. The third-order valence-electron chi connectivity index (χ3n) is 2.82. The smallest absolute Gasteiger partial charge is 0.374 e. The van der Waals surface area contributed by atoms with Crippen molar-refractivity contribution >= 4 is 17.6 Å². The lowest BCUT2D eigenvalue weighted by Crippen LogP contribution is -1.93. The number of hydrogen-bond acceptors (Lipinski definition) is 5. The van der Waals surface area contributed by atoms with Crippen LogP contribution in [0.25, 0.3) is 11.3 Å². The standard InChI is InChI=1S/C12H8ClNO5/c1-5-10(13)6(2-8-11(5)18-4-17-8)7-3-9(12(15)16)19-14-7/h2-3H,4H2,1H3,(H,15,16). The number of aromatic carboxylic acids is 1. The largest absolute Gasteiger partial charge is 0.475 e. The molecule has 7 heteroatoms. The highest BCUT2D eigenvalue weighted by atomic mass is 35.5. The van der Waals surface area contributed by atoms with Crippen molar-refractivity contribution in [1.29, 1.82) is 0 Å². The number of carboxylic acids is 1. The van der Waals surface area contributed by atoms with E-state index >= 15 is 0 Å². The number of carboxylic acid groups (broad SMARTS) is 1. The van der Waals surface area contributed by atoms with Crippen LogP contribution in [0, 0.1) is 6.92 Å². The molecule has 0 spiro atoms. The summed E-state index contributed by atoms with van der Waals surface area (Å²) in [6.07, 6.45) is 0. The summed E-state index contributed by atoms with van der Waals surface area (Å²) in [5.41, 5.74) is 1.59. The second kappa shape index (κ2) is 4.17. The monoisotopic (exact) mass is 281 g/mol. The van der Waals surface area contributed by atoms with E-state index in [9.17, 15) is 4.79 Å². The Morgan fingerprint density at radius 3 is 2.89 bits per heavy atom. The van der Waals surface area contributed by atoms with Crippen molar-refractivity contribution in [3.05, 3.63) is 28.5 Å². The maximum Gasteiger partial charge on any atom is 0.374 e. The fraction of sp³-hybridized carbons (Fsp3) is 0.167. The molecule has 1 aromatic carbocycles. The van der Waals surface area contributed by atoms with Crippen molar-refractivity contribution in [2.24, 2.45) is 0 Å². The molecule has 2 heterocycles. The van der Waals surface area contributed by atoms with Crippen molar-refractivity contribution in [3.8, 4) is 22.8 Å². The highest BCUT2D eigenvalue weighted by Crippen LogP contribution is 2.44. The molecule has 3 rings (SSSR count). The van der Waals surface area contributed by atoms with Crippen LogP contribution >= 0.6 is 11.6 Å². The first-order valence-corrected chi connectivity index (χ1v) is 5.75. The minimum absolute atomic E-state index is 0.134. The van der Waals surface area contributed by atoms with E-state index in [-0.39, 0.29) is 12.6 Å². The third kappa shape index (κ3) is 1.80. The molecule has 2 aromatic rings. The quantitative estimate of drug-likeness (QED) is 0.911. The van der Waals surface area contributed by atoms with Crippen LogP contribution < -0.4 is 9.47 Å². The van der Waals surface area contributed by atoms with Crippen LogP contribution in [-0.2, 0) is 0 Å². The lowest BCUT2D eigenvalue weighted by Gasteiger charge is -2.07. The Morgan fingerprint density at radius 1 is 1.42 bits per heavy atom. The second-order valence-corrected chi connectivity index (χ2v) is 4.36. The molecule has 1 aromatic heterocycles. The van der Waals surface area contributed by atoms with Gasteiger partial charge >= 0.3 is 5.97 Å². The number of halogens is 1. The zero-order valence-corrected chi connectivity index (χ0v) is 10.5. The Bertz CT molecular complexity index is 679. The minimum Gasteiger partial charge on any atom is -0.475 e. The summed E-state index contributed by atoms with van der Waals surface area (Å²) in [5.74, 6) is -0.291. The lowest BCUT2D eigenvalue weighted by molar-refractivity contribution is 0.0652. The Kier molecular flexibility index (Phi) is 2.60. The normalized spacial score (nSPS) is 12.7. The molecule has 0 unspecified atom stereocenters. The Hall–Kier alpha value is -2.21. The van der Waals surface area contributed by atoms with Gasteiger partial charge in [0.1, 0.15) is 5.69 Å². The molecule has 0 amide bonds.